The van der Waals surface area contributed by atoms with Gasteiger partial charge in [0.25, 0.3) is 0 Å². The average Bonchev–Trinajstić information content (AvgIpc) is 3.42. The lowest BCUT2D eigenvalue weighted by atomic mass is 9.93. The van der Waals surface area contributed by atoms with Gasteiger partial charge >= 0.3 is 0 Å². The van der Waals surface area contributed by atoms with Gasteiger partial charge in [-0.3, -0.25) is 0 Å². The summed E-state index contributed by atoms with van der Waals surface area (Å²) in [4.78, 5) is 4.73. The summed E-state index contributed by atoms with van der Waals surface area (Å²) in [6.45, 7) is 0. The van der Waals surface area contributed by atoms with Crippen LogP contribution in [0.3, 0.4) is 0 Å². The Bertz CT molecular complexity index is 2500. The van der Waals surface area contributed by atoms with Crippen LogP contribution in [-0.4, -0.2) is 7.05 Å². The molecule has 0 unspecified atom stereocenters. The molecule has 0 atom stereocenters. The van der Waals surface area contributed by atoms with Crippen molar-refractivity contribution in [2.24, 2.45) is 0 Å². The van der Waals surface area contributed by atoms with E-state index in [0.29, 0.717) is 0 Å². The van der Waals surface area contributed by atoms with Crippen LogP contribution in [0.15, 0.2) is 188 Å². The Morgan fingerprint density at radius 2 is 0.980 bits per heavy atom. The molecule has 51 heavy (non-hydrogen) atoms. The summed E-state index contributed by atoms with van der Waals surface area (Å²) >= 11 is 0. The van der Waals surface area contributed by atoms with Crippen LogP contribution in [0.25, 0.3) is 55.6 Å². The van der Waals surface area contributed by atoms with Crippen molar-refractivity contribution in [3.05, 3.63) is 199 Å². The number of nitrogens with zero attached hydrogens (tertiary/aromatic N) is 2. The Labute approximate surface area is 300 Å². The van der Waals surface area contributed by atoms with Gasteiger partial charge in [-0.2, -0.15) is 0 Å². The minimum Gasteiger partial charge on any atom is -0.345 e. The summed E-state index contributed by atoms with van der Waals surface area (Å²) in [6.07, 6.45) is 15.9. The molecule has 1 aliphatic carbocycles. The van der Waals surface area contributed by atoms with Crippen LogP contribution >= 0.6 is 0 Å². The molecular formula is C49H38N2. The largest absolute Gasteiger partial charge is 0.345 e. The number of allylic oxidation sites excluding steroid dienone is 5. The molecule has 7 aromatic rings. The normalized spacial score (nSPS) is 13.9. The second-order valence-corrected chi connectivity index (χ2v) is 13.3. The van der Waals surface area contributed by atoms with E-state index in [1.807, 2.05) is 0 Å². The van der Waals surface area contributed by atoms with Gasteiger partial charge in [0.15, 0.2) is 0 Å². The molecule has 1 aliphatic heterocycles. The summed E-state index contributed by atoms with van der Waals surface area (Å²) in [5.74, 6) is 0. The van der Waals surface area contributed by atoms with E-state index in [-0.39, 0.29) is 0 Å². The molecule has 0 N–H and O–H groups in total. The highest BCUT2D eigenvalue weighted by atomic mass is 15.2. The Balaban J connectivity index is 1.04. The third kappa shape index (κ3) is 5.65. The molecule has 2 heteroatoms. The fourth-order valence-electron chi connectivity index (χ4n) is 7.62. The average molecular weight is 655 g/mol. The minimum absolute atomic E-state index is 1.03. The summed E-state index contributed by atoms with van der Waals surface area (Å²) in [5.41, 5.74) is 13.2. The molecular weight excluding hydrogens is 617 g/mol. The number of hydrogen-bond donors (Lipinski definition) is 0. The van der Waals surface area contributed by atoms with E-state index in [0.717, 1.165) is 24.2 Å². The molecule has 0 amide bonds. The van der Waals surface area contributed by atoms with Crippen molar-refractivity contribution in [1.29, 1.82) is 0 Å². The summed E-state index contributed by atoms with van der Waals surface area (Å²) in [5, 5.41) is 5.10. The van der Waals surface area contributed by atoms with E-state index in [2.05, 4.69) is 205 Å². The number of fused-ring (bicyclic) bond motifs is 6. The molecule has 0 bridgehead atoms. The van der Waals surface area contributed by atoms with Crippen LogP contribution < -0.4 is 9.80 Å². The monoisotopic (exact) mass is 654 g/mol. The molecule has 0 fully saturated rings. The van der Waals surface area contributed by atoms with Gasteiger partial charge in [-0.1, -0.05) is 152 Å². The number of benzene rings is 7. The maximum absolute atomic E-state index is 2.49. The first-order valence-electron chi connectivity index (χ1n) is 17.8. The smallest absolute Gasteiger partial charge is 0.0618 e. The summed E-state index contributed by atoms with van der Waals surface area (Å²) in [7, 11) is 2.13. The highest BCUT2D eigenvalue weighted by Crippen LogP contribution is 2.46. The second kappa shape index (κ2) is 13.2. The topological polar surface area (TPSA) is 6.48 Å². The van der Waals surface area contributed by atoms with Crippen LogP contribution in [0.4, 0.5) is 17.1 Å². The first-order chi connectivity index (χ1) is 25.2. The molecule has 0 aromatic heterocycles. The first-order valence-corrected chi connectivity index (χ1v) is 17.8. The zero-order valence-corrected chi connectivity index (χ0v) is 28.7. The lowest BCUT2D eigenvalue weighted by Gasteiger charge is -2.32. The zero-order chi connectivity index (χ0) is 34.1. The molecule has 0 saturated carbocycles. The van der Waals surface area contributed by atoms with Crippen molar-refractivity contribution in [1.82, 2.24) is 0 Å². The molecule has 1 heterocycles. The molecule has 9 rings (SSSR count). The summed E-state index contributed by atoms with van der Waals surface area (Å²) < 4.78 is 0. The molecule has 7 aromatic carbocycles. The van der Waals surface area contributed by atoms with Gasteiger partial charge < -0.3 is 9.80 Å². The van der Waals surface area contributed by atoms with E-state index in [1.54, 1.807) is 0 Å². The fraction of sp³-hybridized carbons (Fsp3) is 0.0612. The standard InChI is InChI=1S/C49H38N2/c1-50(40-31-27-37(28-32-40)35-13-4-2-5-14-35)41-33-29-38(30-34-41)36-23-25-39(26-24-36)48-22-12-21-47-45-18-9-8-17-43(45)44-19-10-11-20-46(44)49(47)51(48)42-15-6-3-7-16-42/h2,4-6,8-34H,3,7H2,1H3. The molecule has 0 spiro atoms. The van der Waals surface area contributed by atoms with Gasteiger partial charge in [0, 0.05) is 35.1 Å². The number of hydrogen-bond acceptors (Lipinski definition) is 2. The van der Waals surface area contributed by atoms with E-state index in [1.165, 1.54) is 72.0 Å². The molecule has 244 valence electrons. The predicted molar refractivity (Wildman–Crippen MR) is 219 cm³/mol. The van der Waals surface area contributed by atoms with Crippen LogP contribution in [-0.2, 0) is 0 Å². The number of rotatable bonds is 6. The van der Waals surface area contributed by atoms with E-state index in [4.69, 9.17) is 0 Å². The van der Waals surface area contributed by atoms with Crippen LogP contribution in [0.1, 0.15) is 24.0 Å². The molecule has 0 radical (unpaired) electrons. The van der Waals surface area contributed by atoms with Gasteiger partial charge in [0.1, 0.15) is 0 Å². The zero-order valence-electron chi connectivity index (χ0n) is 28.7. The van der Waals surface area contributed by atoms with Crippen molar-refractivity contribution < 1.29 is 0 Å². The SMILES string of the molecule is CN(c1ccc(-c2ccccc2)cc1)c1ccc(-c2ccc(C3=CC=Cc4c(c5ccccc5c5ccccc45)N3C3=CCCC=C3)cc2)cc1. The molecule has 2 aliphatic rings. The van der Waals surface area contributed by atoms with Gasteiger partial charge in [-0.05, 0) is 93.2 Å². The predicted octanol–water partition coefficient (Wildman–Crippen LogP) is 13.2. The fourth-order valence-corrected chi connectivity index (χ4v) is 7.62. The highest BCUT2D eigenvalue weighted by Gasteiger charge is 2.25. The molecule has 0 saturated heterocycles. The lowest BCUT2D eigenvalue weighted by Crippen LogP contribution is -2.21. The lowest BCUT2D eigenvalue weighted by molar-refractivity contribution is 1.000. The Morgan fingerprint density at radius 3 is 1.59 bits per heavy atom. The third-order valence-corrected chi connectivity index (χ3v) is 10.3. The van der Waals surface area contributed by atoms with E-state index >= 15 is 0 Å². The molecule has 2 nitrogen and oxygen atoms in total. The third-order valence-electron chi connectivity index (χ3n) is 10.3. The minimum atomic E-state index is 1.03. The van der Waals surface area contributed by atoms with Crippen LogP contribution in [0.5, 0.6) is 0 Å². The Hall–Kier alpha value is -6.38. The van der Waals surface area contributed by atoms with Crippen molar-refractivity contribution in [3.8, 4) is 22.3 Å². The van der Waals surface area contributed by atoms with Crippen molar-refractivity contribution in [2.45, 2.75) is 12.8 Å². The van der Waals surface area contributed by atoms with Gasteiger partial charge in [-0.15, -0.1) is 0 Å². The maximum Gasteiger partial charge on any atom is 0.0618 e. The van der Waals surface area contributed by atoms with Gasteiger partial charge in [0.05, 0.1) is 11.4 Å². The first kappa shape index (κ1) is 30.7. The Kier molecular flexibility index (Phi) is 7.91. The van der Waals surface area contributed by atoms with E-state index < -0.39 is 0 Å². The van der Waals surface area contributed by atoms with Crippen molar-refractivity contribution >= 4 is 50.4 Å². The highest BCUT2D eigenvalue weighted by molar-refractivity contribution is 6.19. The summed E-state index contributed by atoms with van der Waals surface area (Å²) in [6, 6.07) is 54.9. The van der Waals surface area contributed by atoms with Crippen LogP contribution in [0.2, 0.25) is 0 Å². The maximum atomic E-state index is 2.49. The second-order valence-electron chi connectivity index (χ2n) is 13.3. The quantitative estimate of drug-likeness (QED) is 0.165. The van der Waals surface area contributed by atoms with Crippen LogP contribution in [0, 0.1) is 0 Å². The van der Waals surface area contributed by atoms with Gasteiger partial charge in [-0.25, -0.2) is 0 Å². The van der Waals surface area contributed by atoms with Gasteiger partial charge in [0.2, 0.25) is 0 Å². The Morgan fingerprint density at radius 1 is 0.471 bits per heavy atom. The van der Waals surface area contributed by atoms with E-state index in [9.17, 15) is 0 Å². The van der Waals surface area contributed by atoms with Crippen molar-refractivity contribution in [2.75, 3.05) is 16.8 Å². The number of anilines is 3. The van der Waals surface area contributed by atoms with Crippen molar-refractivity contribution in [3.63, 3.8) is 0 Å².